The highest BCUT2D eigenvalue weighted by molar-refractivity contribution is 14.1. The smallest absolute Gasteiger partial charge is 0.198 e. The molecule has 0 aromatic heterocycles. The van der Waals surface area contributed by atoms with Crippen LogP contribution >= 0.6 is 22.6 Å². The zero-order chi connectivity index (χ0) is 7.61. The SMILES string of the molecule is N#CC1C=CC=CC1(F)I. The first-order chi connectivity index (χ1) is 4.67. The molecule has 0 saturated heterocycles. The molecule has 1 aliphatic carbocycles. The Hall–Kier alpha value is -0.370. The van der Waals surface area contributed by atoms with Gasteiger partial charge in [-0.05, 0) is 28.7 Å². The van der Waals surface area contributed by atoms with Gasteiger partial charge >= 0.3 is 0 Å². The molecule has 0 spiro atoms. The van der Waals surface area contributed by atoms with Gasteiger partial charge in [-0.2, -0.15) is 5.26 Å². The third-order valence-corrected chi connectivity index (χ3v) is 2.32. The summed E-state index contributed by atoms with van der Waals surface area (Å²) in [7, 11) is 0. The molecular formula is C7H5FIN. The molecule has 1 aliphatic rings. The van der Waals surface area contributed by atoms with Gasteiger partial charge in [0.15, 0.2) is 3.68 Å². The van der Waals surface area contributed by atoms with Gasteiger partial charge in [0.2, 0.25) is 0 Å². The number of nitrogens with zero attached hydrogens (tertiary/aromatic N) is 1. The van der Waals surface area contributed by atoms with Crippen molar-refractivity contribution in [2.75, 3.05) is 0 Å². The Morgan fingerprint density at radius 1 is 1.60 bits per heavy atom. The number of nitriles is 1. The van der Waals surface area contributed by atoms with Gasteiger partial charge in [-0.25, -0.2) is 4.39 Å². The van der Waals surface area contributed by atoms with Crippen molar-refractivity contribution in [2.45, 2.75) is 3.68 Å². The highest BCUT2D eigenvalue weighted by Crippen LogP contribution is 2.34. The van der Waals surface area contributed by atoms with Gasteiger partial charge < -0.3 is 0 Å². The molecule has 0 aromatic rings. The summed E-state index contributed by atoms with van der Waals surface area (Å²) in [4.78, 5) is 0. The van der Waals surface area contributed by atoms with Crippen molar-refractivity contribution in [1.82, 2.24) is 0 Å². The summed E-state index contributed by atoms with van der Waals surface area (Å²) in [5.74, 6) is -0.641. The zero-order valence-electron chi connectivity index (χ0n) is 5.09. The van der Waals surface area contributed by atoms with Crippen LogP contribution in [0.25, 0.3) is 0 Å². The lowest BCUT2D eigenvalue weighted by atomic mass is 10.0. The largest absolute Gasteiger partial charge is 0.226 e. The molecule has 0 bridgehead atoms. The average Bonchev–Trinajstić information content (AvgIpc) is 1.87. The quantitative estimate of drug-likeness (QED) is 0.477. The molecular weight excluding hydrogens is 244 g/mol. The molecule has 2 unspecified atom stereocenters. The van der Waals surface area contributed by atoms with Gasteiger partial charge in [-0.1, -0.05) is 18.2 Å². The summed E-state index contributed by atoms with van der Waals surface area (Å²) < 4.78 is 11.6. The van der Waals surface area contributed by atoms with Crippen LogP contribution in [0, 0.1) is 17.2 Å². The van der Waals surface area contributed by atoms with E-state index < -0.39 is 9.59 Å². The van der Waals surface area contributed by atoms with E-state index in [0.717, 1.165) is 0 Å². The fraction of sp³-hybridized carbons (Fsp3) is 0.286. The highest BCUT2D eigenvalue weighted by atomic mass is 127. The maximum atomic E-state index is 13.2. The van der Waals surface area contributed by atoms with E-state index in [-0.39, 0.29) is 0 Å². The highest BCUT2D eigenvalue weighted by Gasteiger charge is 2.33. The molecule has 0 fully saturated rings. The Morgan fingerprint density at radius 2 is 2.30 bits per heavy atom. The molecule has 0 radical (unpaired) electrons. The van der Waals surface area contributed by atoms with Crippen molar-refractivity contribution in [3.8, 4) is 6.07 Å². The Balaban J connectivity index is 2.87. The summed E-state index contributed by atoms with van der Waals surface area (Å²) in [6, 6.07) is 1.87. The van der Waals surface area contributed by atoms with E-state index in [1.165, 1.54) is 6.08 Å². The Labute approximate surface area is 72.4 Å². The van der Waals surface area contributed by atoms with Gasteiger partial charge in [0.25, 0.3) is 0 Å². The molecule has 0 N–H and O–H groups in total. The van der Waals surface area contributed by atoms with Gasteiger partial charge in [0.1, 0.15) is 5.92 Å². The number of alkyl halides is 2. The number of rotatable bonds is 0. The maximum absolute atomic E-state index is 13.2. The number of allylic oxidation sites excluding steroid dienone is 4. The summed E-state index contributed by atoms with van der Waals surface area (Å²) in [6.45, 7) is 0. The molecule has 10 heavy (non-hydrogen) atoms. The third kappa shape index (κ3) is 1.37. The summed E-state index contributed by atoms with van der Waals surface area (Å²) in [5, 5.41) is 8.45. The van der Waals surface area contributed by atoms with Crippen LogP contribution in [0.15, 0.2) is 24.3 Å². The zero-order valence-corrected chi connectivity index (χ0v) is 7.25. The second-order valence-electron chi connectivity index (χ2n) is 2.03. The van der Waals surface area contributed by atoms with E-state index in [1.54, 1.807) is 40.8 Å². The molecule has 2 atom stereocenters. The normalized spacial score (nSPS) is 37.5. The molecule has 0 amide bonds. The number of hydrogen-bond donors (Lipinski definition) is 0. The Morgan fingerprint density at radius 3 is 2.70 bits per heavy atom. The van der Waals surface area contributed by atoms with E-state index in [1.807, 2.05) is 6.07 Å². The Kier molecular flexibility index (Phi) is 2.09. The minimum absolute atomic E-state index is 0.641. The summed E-state index contributed by atoms with van der Waals surface area (Å²) >= 11 is 1.63. The Bertz CT molecular complexity index is 224. The molecule has 3 heteroatoms. The fourth-order valence-electron chi connectivity index (χ4n) is 0.720. The first-order valence-electron chi connectivity index (χ1n) is 2.80. The number of hydrogen-bond acceptors (Lipinski definition) is 1. The first-order valence-corrected chi connectivity index (χ1v) is 3.88. The topological polar surface area (TPSA) is 23.8 Å². The van der Waals surface area contributed by atoms with Crippen molar-refractivity contribution < 1.29 is 4.39 Å². The van der Waals surface area contributed by atoms with Crippen LogP contribution < -0.4 is 0 Å². The molecule has 52 valence electrons. The molecule has 1 rings (SSSR count). The van der Waals surface area contributed by atoms with Gasteiger partial charge in [0, 0.05) is 0 Å². The van der Waals surface area contributed by atoms with E-state index in [4.69, 9.17) is 5.26 Å². The van der Waals surface area contributed by atoms with Crippen molar-refractivity contribution in [3.05, 3.63) is 24.3 Å². The lowest BCUT2D eigenvalue weighted by Gasteiger charge is -2.18. The minimum Gasteiger partial charge on any atom is -0.226 e. The number of halogens is 2. The van der Waals surface area contributed by atoms with Gasteiger partial charge in [-0.3, -0.25) is 0 Å². The third-order valence-electron chi connectivity index (χ3n) is 1.29. The van der Waals surface area contributed by atoms with Gasteiger partial charge in [-0.15, -0.1) is 0 Å². The van der Waals surface area contributed by atoms with Crippen molar-refractivity contribution >= 4 is 22.6 Å². The summed E-state index contributed by atoms with van der Waals surface area (Å²) in [6.07, 6.45) is 6.25. The summed E-state index contributed by atoms with van der Waals surface area (Å²) in [5.41, 5.74) is 0. The van der Waals surface area contributed by atoms with Crippen LogP contribution in [0.5, 0.6) is 0 Å². The lowest BCUT2D eigenvalue weighted by Crippen LogP contribution is -2.21. The van der Waals surface area contributed by atoms with Crippen LogP contribution in [0.1, 0.15) is 0 Å². The van der Waals surface area contributed by atoms with Crippen molar-refractivity contribution in [1.29, 1.82) is 5.26 Å². The second-order valence-corrected chi connectivity index (χ2v) is 3.68. The maximum Gasteiger partial charge on any atom is 0.198 e. The van der Waals surface area contributed by atoms with Crippen LogP contribution in [-0.2, 0) is 0 Å². The molecule has 0 saturated carbocycles. The molecule has 1 nitrogen and oxygen atoms in total. The average molecular weight is 249 g/mol. The fourth-order valence-corrected chi connectivity index (χ4v) is 1.27. The first kappa shape index (κ1) is 7.73. The molecule has 0 aromatic carbocycles. The van der Waals surface area contributed by atoms with E-state index in [2.05, 4.69) is 0 Å². The van der Waals surface area contributed by atoms with Crippen LogP contribution in [0.2, 0.25) is 0 Å². The second kappa shape index (κ2) is 2.70. The van der Waals surface area contributed by atoms with Crippen molar-refractivity contribution in [3.63, 3.8) is 0 Å². The van der Waals surface area contributed by atoms with E-state index in [0.29, 0.717) is 0 Å². The van der Waals surface area contributed by atoms with Crippen molar-refractivity contribution in [2.24, 2.45) is 5.92 Å². The standard InChI is InChI=1S/C7H5FIN/c8-7(9)4-2-1-3-6(7)5-10/h1-4,6H. The minimum atomic E-state index is -1.51. The van der Waals surface area contributed by atoms with Crippen LogP contribution in [0.3, 0.4) is 0 Å². The molecule has 0 aliphatic heterocycles. The predicted molar refractivity (Wildman–Crippen MR) is 45.2 cm³/mol. The van der Waals surface area contributed by atoms with Crippen LogP contribution in [-0.4, -0.2) is 3.68 Å². The molecule has 0 heterocycles. The van der Waals surface area contributed by atoms with E-state index >= 15 is 0 Å². The lowest BCUT2D eigenvalue weighted by molar-refractivity contribution is 0.337. The van der Waals surface area contributed by atoms with Gasteiger partial charge in [0.05, 0.1) is 6.07 Å². The predicted octanol–water partition coefficient (Wildman–Crippen LogP) is 2.35. The van der Waals surface area contributed by atoms with E-state index in [9.17, 15) is 4.39 Å². The van der Waals surface area contributed by atoms with Crippen LogP contribution in [0.4, 0.5) is 4.39 Å². The monoisotopic (exact) mass is 249 g/mol.